The van der Waals surface area contributed by atoms with Crippen molar-refractivity contribution in [3.8, 4) is 0 Å². The molecule has 0 aliphatic heterocycles. The van der Waals surface area contributed by atoms with Gasteiger partial charge in [0.2, 0.25) is 0 Å². The van der Waals surface area contributed by atoms with Gasteiger partial charge in [0, 0.05) is 24.8 Å². The number of nitrogens with zero attached hydrogens (tertiary/aromatic N) is 1. The van der Waals surface area contributed by atoms with E-state index in [0.717, 1.165) is 23.5 Å². The number of hydrogen-bond donors (Lipinski definition) is 1. The molecule has 0 aliphatic carbocycles. The Balaban J connectivity index is 2.48. The molecule has 1 N–H and O–H groups in total. The lowest BCUT2D eigenvalue weighted by molar-refractivity contribution is -0.116. The number of thiazole rings is 1. The van der Waals surface area contributed by atoms with Gasteiger partial charge in [-0.2, -0.15) is 0 Å². The SMILES string of the molecule is CC(=O)Cc1csc(CCCO)n1. The fraction of sp³-hybridized carbons (Fsp3) is 0.556. The Hall–Kier alpha value is -0.740. The van der Waals surface area contributed by atoms with E-state index in [1.54, 1.807) is 18.3 Å². The Morgan fingerprint density at radius 2 is 2.46 bits per heavy atom. The number of aliphatic hydroxyl groups is 1. The van der Waals surface area contributed by atoms with E-state index in [4.69, 9.17) is 5.11 Å². The summed E-state index contributed by atoms with van der Waals surface area (Å²) in [5.74, 6) is 0.138. The van der Waals surface area contributed by atoms with E-state index in [9.17, 15) is 4.79 Å². The molecule has 0 bridgehead atoms. The van der Waals surface area contributed by atoms with Gasteiger partial charge in [-0.15, -0.1) is 11.3 Å². The van der Waals surface area contributed by atoms with Crippen molar-refractivity contribution in [3.05, 3.63) is 16.1 Å². The maximum absolute atomic E-state index is 10.8. The molecule has 4 heteroatoms. The number of hydrogen-bond acceptors (Lipinski definition) is 4. The number of aryl methyl sites for hydroxylation is 1. The van der Waals surface area contributed by atoms with E-state index < -0.39 is 0 Å². The number of ketones is 1. The number of aromatic nitrogens is 1. The largest absolute Gasteiger partial charge is 0.396 e. The van der Waals surface area contributed by atoms with Crippen molar-refractivity contribution in [2.45, 2.75) is 26.2 Å². The van der Waals surface area contributed by atoms with Crippen molar-refractivity contribution >= 4 is 17.1 Å². The minimum absolute atomic E-state index is 0.138. The van der Waals surface area contributed by atoms with Crippen molar-refractivity contribution < 1.29 is 9.90 Å². The Morgan fingerprint density at radius 1 is 1.69 bits per heavy atom. The third-order valence-electron chi connectivity index (χ3n) is 1.58. The minimum Gasteiger partial charge on any atom is -0.396 e. The molecule has 1 heterocycles. The van der Waals surface area contributed by atoms with Gasteiger partial charge in [0.05, 0.1) is 10.7 Å². The molecule has 0 fully saturated rings. The summed E-state index contributed by atoms with van der Waals surface area (Å²) in [6, 6.07) is 0. The number of rotatable bonds is 5. The molecule has 72 valence electrons. The first-order valence-electron chi connectivity index (χ1n) is 4.26. The van der Waals surface area contributed by atoms with Gasteiger partial charge in [-0.1, -0.05) is 0 Å². The number of aliphatic hydroxyl groups excluding tert-OH is 1. The first-order valence-corrected chi connectivity index (χ1v) is 5.14. The Morgan fingerprint density at radius 3 is 3.08 bits per heavy atom. The van der Waals surface area contributed by atoms with Crippen molar-refractivity contribution in [2.24, 2.45) is 0 Å². The summed E-state index contributed by atoms with van der Waals surface area (Å²) in [4.78, 5) is 15.0. The molecule has 0 aromatic carbocycles. The summed E-state index contributed by atoms with van der Waals surface area (Å²) >= 11 is 1.56. The summed E-state index contributed by atoms with van der Waals surface area (Å²) < 4.78 is 0. The van der Waals surface area contributed by atoms with Crippen molar-refractivity contribution in [1.82, 2.24) is 4.98 Å². The van der Waals surface area contributed by atoms with E-state index >= 15 is 0 Å². The van der Waals surface area contributed by atoms with E-state index in [0.29, 0.717) is 6.42 Å². The van der Waals surface area contributed by atoms with Crippen LogP contribution < -0.4 is 0 Å². The normalized spacial score (nSPS) is 10.3. The van der Waals surface area contributed by atoms with Gasteiger partial charge < -0.3 is 5.11 Å². The molecular formula is C9H13NO2S. The van der Waals surface area contributed by atoms with Crippen LogP contribution in [0.4, 0.5) is 0 Å². The van der Waals surface area contributed by atoms with Crippen LogP contribution in [-0.2, 0) is 17.6 Å². The highest BCUT2D eigenvalue weighted by atomic mass is 32.1. The highest BCUT2D eigenvalue weighted by Crippen LogP contribution is 2.12. The molecule has 0 saturated heterocycles. The maximum Gasteiger partial charge on any atom is 0.135 e. The predicted molar refractivity (Wildman–Crippen MR) is 51.9 cm³/mol. The van der Waals surface area contributed by atoms with E-state index in [2.05, 4.69) is 4.98 Å². The zero-order valence-electron chi connectivity index (χ0n) is 7.62. The molecule has 0 spiro atoms. The Bertz CT molecular complexity index is 283. The molecule has 1 aromatic rings. The van der Waals surface area contributed by atoms with E-state index in [-0.39, 0.29) is 12.4 Å². The lowest BCUT2D eigenvalue weighted by Crippen LogP contribution is -1.97. The molecular weight excluding hydrogens is 186 g/mol. The van der Waals surface area contributed by atoms with E-state index in [1.807, 2.05) is 5.38 Å². The second kappa shape index (κ2) is 5.09. The molecule has 1 rings (SSSR count). The monoisotopic (exact) mass is 199 g/mol. The van der Waals surface area contributed by atoms with Crippen LogP contribution in [0.15, 0.2) is 5.38 Å². The average Bonchev–Trinajstić information content (AvgIpc) is 2.48. The van der Waals surface area contributed by atoms with Crippen molar-refractivity contribution in [2.75, 3.05) is 6.61 Å². The number of carbonyl (C=O) groups excluding carboxylic acids is 1. The van der Waals surface area contributed by atoms with Crippen LogP contribution in [-0.4, -0.2) is 22.5 Å². The number of carbonyl (C=O) groups is 1. The zero-order chi connectivity index (χ0) is 9.68. The maximum atomic E-state index is 10.8. The van der Waals surface area contributed by atoms with Crippen LogP contribution in [0.25, 0.3) is 0 Å². The predicted octanol–water partition coefficient (Wildman–Crippen LogP) is 1.20. The van der Waals surface area contributed by atoms with E-state index in [1.165, 1.54) is 0 Å². The number of Topliss-reactive ketones (excluding diaryl/α,β-unsaturated/α-hetero) is 1. The summed E-state index contributed by atoms with van der Waals surface area (Å²) in [5.41, 5.74) is 0.852. The third-order valence-corrected chi connectivity index (χ3v) is 2.54. The van der Waals surface area contributed by atoms with Crippen LogP contribution in [0.1, 0.15) is 24.0 Å². The molecule has 0 atom stereocenters. The standard InChI is InChI=1S/C9H13NO2S/c1-7(12)5-8-6-13-9(10-8)3-2-4-11/h6,11H,2-5H2,1H3. The van der Waals surface area contributed by atoms with Gasteiger partial charge in [-0.25, -0.2) is 4.98 Å². The van der Waals surface area contributed by atoms with Crippen molar-refractivity contribution in [3.63, 3.8) is 0 Å². The zero-order valence-corrected chi connectivity index (χ0v) is 8.43. The first kappa shape index (κ1) is 10.3. The summed E-state index contributed by atoms with van der Waals surface area (Å²) in [6.07, 6.45) is 1.97. The van der Waals surface area contributed by atoms with Gasteiger partial charge in [-0.05, 0) is 13.3 Å². The third kappa shape index (κ3) is 3.65. The topological polar surface area (TPSA) is 50.2 Å². The van der Waals surface area contributed by atoms with Gasteiger partial charge in [0.15, 0.2) is 0 Å². The van der Waals surface area contributed by atoms with Gasteiger partial charge in [0.25, 0.3) is 0 Å². The molecule has 0 saturated carbocycles. The summed E-state index contributed by atoms with van der Waals surface area (Å²) in [7, 11) is 0. The average molecular weight is 199 g/mol. The second-order valence-corrected chi connectivity index (χ2v) is 3.88. The fourth-order valence-corrected chi connectivity index (χ4v) is 1.87. The molecule has 0 amide bonds. The van der Waals surface area contributed by atoms with Crippen LogP contribution in [0.2, 0.25) is 0 Å². The lowest BCUT2D eigenvalue weighted by Gasteiger charge is -1.91. The summed E-state index contributed by atoms with van der Waals surface area (Å²) in [5, 5.41) is 11.5. The Kier molecular flexibility index (Phi) is 4.05. The quantitative estimate of drug-likeness (QED) is 0.775. The molecule has 0 aliphatic rings. The van der Waals surface area contributed by atoms with Crippen LogP contribution in [0.3, 0.4) is 0 Å². The lowest BCUT2D eigenvalue weighted by atomic mass is 10.2. The van der Waals surface area contributed by atoms with Gasteiger partial charge in [-0.3, -0.25) is 4.79 Å². The minimum atomic E-state index is 0.138. The Labute approximate surface area is 81.4 Å². The molecule has 0 unspecified atom stereocenters. The highest BCUT2D eigenvalue weighted by molar-refractivity contribution is 7.09. The van der Waals surface area contributed by atoms with Gasteiger partial charge in [0.1, 0.15) is 5.78 Å². The molecule has 1 aromatic heterocycles. The molecule has 3 nitrogen and oxygen atoms in total. The molecule has 0 radical (unpaired) electrons. The second-order valence-electron chi connectivity index (χ2n) is 2.94. The van der Waals surface area contributed by atoms with Crippen LogP contribution in [0, 0.1) is 0 Å². The van der Waals surface area contributed by atoms with Crippen molar-refractivity contribution in [1.29, 1.82) is 0 Å². The smallest absolute Gasteiger partial charge is 0.135 e. The summed E-state index contributed by atoms with van der Waals surface area (Å²) in [6.45, 7) is 1.76. The van der Waals surface area contributed by atoms with Gasteiger partial charge >= 0.3 is 0 Å². The highest BCUT2D eigenvalue weighted by Gasteiger charge is 2.03. The van der Waals surface area contributed by atoms with Crippen LogP contribution in [0.5, 0.6) is 0 Å². The fourth-order valence-electron chi connectivity index (χ4n) is 1.03. The van der Waals surface area contributed by atoms with Crippen LogP contribution >= 0.6 is 11.3 Å². The first-order chi connectivity index (χ1) is 6.22. The molecule has 13 heavy (non-hydrogen) atoms.